The van der Waals surface area contributed by atoms with E-state index in [2.05, 4.69) is 22.2 Å². The molecule has 0 aromatic carbocycles. The van der Waals surface area contributed by atoms with Crippen LogP contribution in [-0.4, -0.2) is 29.5 Å². The topological polar surface area (TPSA) is 109 Å². The van der Waals surface area contributed by atoms with Gasteiger partial charge in [-0.25, -0.2) is 4.98 Å². The summed E-state index contributed by atoms with van der Waals surface area (Å²) in [6.45, 7) is 0. The Hall–Kier alpha value is -4.04. The number of hydrogen-bond acceptors (Lipinski definition) is 6. The lowest BCUT2D eigenvalue weighted by Gasteiger charge is -2.43. The number of hydrogen-bond donors (Lipinski definition) is 0. The van der Waals surface area contributed by atoms with Crippen LogP contribution < -0.4 is 0 Å². The van der Waals surface area contributed by atoms with Gasteiger partial charge in [0.15, 0.2) is 0 Å². The van der Waals surface area contributed by atoms with Gasteiger partial charge in [-0.05, 0) is 37.1 Å². The summed E-state index contributed by atoms with van der Waals surface area (Å²) in [5.41, 5.74) is 3.55. The van der Waals surface area contributed by atoms with Crippen LogP contribution in [0.15, 0.2) is 49.1 Å². The zero-order chi connectivity index (χ0) is 20.7. The van der Waals surface area contributed by atoms with Crippen molar-refractivity contribution >= 4 is 10.9 Å². The molecule has 0 N–H and O–H groups in total. The molecule has 0 aliphatic heterocycles. The van der Waals surface area contributed by atoms with Gasteiger partial charge in [0, 0.05) is 36.6 Å². The predicted molar refractivity (Wildman–Crippen MR) is 110 cm³/mol. The van der Waals surface area contributed by atoms with Gasteiger partial charge in [0.25, 0.3) is 0 Å². The maximum atomic E-state index is 9.31. The highest BCUT2D eigenvalue weighted by atomic mass is 15.3. The normalized spacial score (nSPS) is 20.4. The van der Waals surface area contributed by atoms with E-state index in [0.717, 1.165) is 33.5 Å². The molecule has 8 heteroatoms. The first-order valence-corrected chi connectivity index (χ1v) is 9.70. The third-order valence-electron chi connectivity index (χ3n) is 5.76. The highest BCUT2D eigenvalue weighted by molar-refractivity contribution is 5.93. The molecule has 0 unspecified atom stereocenters. The molecule has 0 atom stereocenters. The predicted octanol–water partition coefficient (Wildman–Crippen LogP) is 3.44. The Kier molecular flexibility index (Phi) is 4.07. The Morgan fingerprint density at radius 2 is 2.10 bits per heavy atom. The van der Waals surface area contributed by atoms with Gasteiger partial charge in [0.1, 0.15) is 11.4 Å². The molecular weight excluding hydrogens is 376 g/mol. The van der Waals surface area contributed by atoms with Crippen LogP contribution in [-0.2, 0) is 12.6 Å². The minimum absolute atomic E-state index is 0.0249. The van der Waals surface area contributed by atoms with Crippen molar-refractivity contribution in [3.63, 3.8) is 0 Å². The Morgan fingerprint density at radius 1 is 1.23 bits per heavy atom. The van der Waals surface area contributed by atoms with Crippen LogP contribution in [0.4, 0.5) is 0 Å². The second kappa shape index (κ2) is 6.78. The average Bonchev–Trinajstić information content (AvgIpc) is 3.39. The third-order valence-corrected chi connectivity index (χ3v) is 5.76. The van der Waals surface area contributed by atoms with Gasteiger partial charge < -0.3 is 0 Å². The zero-order valence-electron chi connectivity index (χ0n) is 16.4. The summed E-state index contributed by atoms with van der Waals surface area (Å²) < 4.78 is 3.59. The van der Waals surface area contributed by atoms with Crippen molar-refractivity contribution in [2.75, 3.05) is 0 Å². The maximum absolute atomic E-state index is 9.31. The minimum Gasteiger partial charge on any atom is -0.275 e. The Bertz CT molecular complexity index is 1330. The lowest BCUT2D eigenvalue weighted by atomic mass is 9.67. The molecule has 4 aromatic rings. The summed E-state index contributed by atoms with van der Waals surface area (Å²) in [5.74, 6) is -0.0249. The van der Waals surface area contributed by atoms with E-state index < -0.39 is 5.54 Å². The second-order valence-corrected chi connectivity index (χ2v) is 7.77. The van der Waals surface area contributed by atoms with Crippen molar-refractivity contribution in [2.24, 2.45) is 13.0 Å². The number of rotatable bonds is 4. The molecule has 0 bridgehead atoms. The van der Waals surface area contributed by atoms with Crippen molar-refractivity contribution in [3.8, 4) is 34.8 Å². The average molecular weight is 394 g/mol. The van der Waals surface area contributed by atoms with Crippen molar-refractivity contribution in [3.05, 3.63) is 49.1 Å². The fraction of sp³-hybridized carbons (Fsp3) is 0.273. The fourth-order valence-electron chi connectivity index (χ4n) is 4.19. The van der Waals surface area contributed by atoms with Crippen LogP contribution in [0.1, 0.15) is 19.3 Å². The molecule has 0 spiro atoms. The van der Waals surface area contributed by atoms with Crippen molar-refractivity contribution in [2.45, 2.75) is 24.8 Å². The molecule has 4 heterocycles. The number of pyridine rings is 2. The Morgan fingerprint density at radius 3 is 2.83 bits per heavy atom. The summed E-state index contributed by atoms with van der Waals surface area (Å²) in [6.07, 6.45) is 8.96. The highest BCUT2D eigenvalue weighted by Crippen LogP contribution is 2.46. The summed E-state index contributed by atoms with van der Waals surface area (Å²) >= 11 is 0. The van der Waals surface area contributed by atoms with Crippen LogP contribution in [0.3, 0.4) is 0 Å². The molecule has 1 aliphatic carbocycles. The summed E-state index contributed by atoms with van der Waals surface area (Å²) in [6, 6.07) is 12.3. The zero-order valence-corrected chi connectivity index (χ0v) is 16.4. The van der Waals surface area contributed by atoms with E-state index in [1.54, 1.807) is 17.1 Å². The van der Waals surface area contributed by atoms with Gasteiger partial charge in [-0.15, -0.1) is 0 Å². The fourth-order valence-corrected chi connectivity index (χ4v) is 4.19. The Balaban J connectivity index is 1.62. The van der Waals surface area contributed by atoms with E-state index >= 15 is 0 Å². The second-order valence-electron chi connectivity index (χ2n) is 7.77. The van der Waals surface area contributed by atoms with Gasteiger partial charge in [-0.1, -0.05) is 0 Å². The van der Waals surface area contributed by atoms with E-state index in [9.17, 15) is 10.5 Å². The highest BCUT2D eigenvalue weighted by Gasteiger charge is 2.46. The minimum atomic E-state index is -0.414. The van der Waals surface area contributed by atoms with Gasteiger partial charge in [0.2, 0.25) is 0 Å². The SMILES string of the molecule is Cn1cc(-c2cc3ncccc3c(-c3ccn([C@]4(CC#N)C[C@H](C#N)C4)n3)n2)cn1. The largest absolute Gasteiger partial charge is 0.275 e. The van der Waals surface area contributed by atoms with E-state index in [1.165, 1.54) is 0 Å². The smallest absolute Gasteiger partial charge is 0.111 e. The van der Waals surface area contributed by atoms with Gasteiger partial charge >= 0.3 is 0 Å². The number of nitriles is 2. The molecule has 1 saturated carbocycles. The van der Waals surface area contributed by atoms with E-state index in [0.29, 0.717) is 19.3 Å². The van der Waals surface area contributed by atoms with Gasteiger partial charge in [0.05, 0.1) is 47.4 Å². The number of aryl methyl sites for hydroxylation is 1. The first-order chi connectivity index (χ1) is 14.6. The molecule has 5 rings (SSSR count). The standard InChI is InChI=1S/C22H18N8/c1-29-14-16(13-26-29)19-9-20-17(3-2-7-25-20)21(27-19)18-4-8-30(28-18)22(5-6-23)10-15(11-22)12-24/h2-4,7-9,13-15H,5,10-11H2,1H3/t15-,22+. The van der Waals surface area contributed by atoms with Crippen LogP contribution in [0.25, 0.3) is 33.5 Å². The van der Waals surface area contributed by atoms with E-state index in [4.69, 9.17) is 10.1 Å². The van der Waals surface area contributed by atoms with E-state index in [-0.39, 0.29) is 5.92 Å². The first-order valence-electron chi connectivity index (χ1n) is 9.70. The monoisotopic (exact) mass is 394 g/mol. The molecule has 0 saturated heterocycles. The van der Waals surface area contributed by atoms with Gasteiger partial charge in [-0.2, -0.15) is 20.7 Å². The maximum Gasteiger partial charge on any atom is 0.111 e. The molecule has 1 aliphatic rings. The summed E-state index contributed by atoms with van der Waals surface area (Å²) in [4.78, 5) is 9.40. The first kappa shape index (κ1) is 18.0. The third kappa shape index (κ3) is 2.82. The lowest BCUT2D eigenvalue weighted by Crippen LogP contribution is -2.46. The molecular formula is C22H18N8. The van der Waals surface area contributed by atoms with Crippen LogP contribution in [0.5, 0.6) is 0 Å². The molecule has 8 nitrogen and oxygen atoms in total. The van der Waals surface area contributed by atoms with Gasteiger partial charge in [-0.3, -0.25) is 14.3 Å². The van der Waals surface area contributed by atoms with Crippen molar-refractivity contribution in [1.82, 2.24) is 29.5 Å². The number of aromatic nitrogens is 6. The quantitative estimate of drug-likeness (QED) is 0.524. The number of nitrogens with zero attached hydrogens (tertiary/aromatic N) is 8. The Labute approximate surface area is 173 Å². The lowest BCUT2D eigenvalue weighted by molar-refractivity contribution is 0.0884. The molecule has 4 aromatic heterocycles. The number of fused-ring (bicyclic) bond motifs is 1. The molecule has 1 fully saturated rings. The van der Waals surface area contributed by atoms with Crippen LogP contribution >= 0.6 is 0 Å². The summed E-state index contributed by atoms with van der Waals surface area (Å²) in [7, 11) is 1.87. The van der Waals surface area contributed by atoms with E-state index in [1.807, 2.05) is 48.4 Å². The van der Waals surface area contributed by atoms with Crippen LogP contribution in [0.2, 0.25) is 0 Å². The molecule has 0 radical (unpaired) electrons. The van der Waals surface area contributed by atoms with Crippen molar-refractivity contribution in [1.29, 1.82) is 10.5 Å². The molecule has 30 heavy (non-hydrogen) atoms. The molecule has 146 valence electrons. The van der Waals surface area contributed by atoms with Crippen LogP contribution in [0, 0.1) is 28.6 Å². The molecule has 0 amide bonds. The summed E-state index contributed by atoms with van der Waals surface area (Å²) in [5, 5.41) is 28.5. The van der Waals surface area contributed by atoms with Crippen molar-refractivity contribution < 1.29 is 0 Å².